The van der Waals surface area contributed by atoms with Crippen molar-refractivity contribution in [2.75, 3.05) is 20.4 Å². The average Bonchev–Trinajstić information content (AvgIpc) is 3.19. The average molecular weight is 331 g/mol. The molecule has 8 heteroatoms. The third-order valence-corrected chi connectivity index (χ3v) is 4.22. The lowest BCUT2D eigenvalue weighted by Crippen LogP contribution is -2.33. The molecule has 1 aromatic carbocycles. The van der Waals surface area contributed by atoms with Crippen LogP contribution in [0.1, 0.15) is 21.7 Å². The van der Waals surface area contributed by atoms with Crippen molar-refractivity contribution in [3.8, 4) is 17.2 Å². The fourth-order valence-electron chi connectivity index (χ4n) is 3.09. The zero-order valence-electron chi connectivity index (χ0n) is 13.2. The van der Waals surface area contributed by atoms with Crippen LogP contribution in [0.2, 0.25) is 0 Å². The van der Waals surface area contributed by atoms with E-state index in [1.807, 2.05) is 12.1 Å². The third-order valence-electron chi connectivity index (χ3n) is 4.22. The van der Waals surface area contributed by atoms with Gasteiger partial charge in [0.25, 0.3) is 0 Å². The molecule has 24 heavy (non-hydrogen) atoms. The molecule has 2 aromatic rings. The summed E-state index contributed by atoms with van der Waals surface area (Å²) in [6, 6.07) is 5.54. The van der Waals surface area contributed by atoms with Gasteiger partial charge in [0.05, 0.1) is 19.3 Å². The van der Waals surface area contributed by atoms with E-state index >= 15 is 0 Å². The Hall–Kier alpha value is -2.74. The summed E-state index contributed by atoms with van der Waals surface area (Å²) in [7, 11) is 1.61. The second kappa shape index (κ2) is 5.72. The number of rotatable bonds is 4. The zero-order valence-corrected chi connectivity index (χ0v) is 13.2. The number of carboxylic acids is 1. The van der Waals surface area contributed by atoms with Crippen LogP contribution in [-0.4, -0.2) is 46.2 Å². The largest absolute Gasteiger partial charge is 0.493 e. The molecule has 2 aliphatic heterocycles. The monoisotopic (exact) mass is 331 g/mol. The standard InChI is InChI=1S/C16H17N3O5/c1-22-13-4-10(5-14-15(13)24-9-23-14)7-18-2-3-19-11(8-18)6-12(17-19)16(20)21/h4-6H,2-3,7-9H2,1H3,(H,20,21). The maximum absolute atomic E-state index is 11.0. The Morgan fingerprint density at radius 3 is 3.00 bits per heavy atom. The Morgan fingerprint density at radius 2 is 2.21 bits per heavy atom. The Labute approximate surface area is 138 Å². The van der Waals surface area contributed by atoms with Gasteiger partial charge >= 0.3 is 5.97 Å². The molecule has 0 saturated heterocycles. The van der Waals surface area contributed by atoms with Crippen LogP contribution in [0.4, 0.5) is 0 Å². The van der Waals surface area contributed by atoms with Gasteiger partial charge in [0.15, 0.2) is 17.2 Å². The van der Waals surface area contributed by atoms with E-state index in [2.05, 4.69) is 10.00 Å². The molecular formula is C16H17N3O5. The van der Waals surface area contributed by atoms with Crippen molar-refractivity contribution in [1.29, 1.82) is 0 Å². The van der Waals surface area contributed by atoms with E-state index in [1.54, 1.807) is 17.9 Å². The number of nitrogens with zero attached hydrogens (tertiary/aromatic N) is 3. The van der Waals surface area contributed by atoms with Crippen molar-refractivity contribution in [3.63, 3.8) is 0 Å². The molecule has 0 bridgehead atoms. The quantitative estimate of drug-likeness (QED) is 0.904. The number of carboxylic acid groups (broad SMARTS) is 1. The molecule has 1 aromatic heterocycles. The lowest BCUT2D eigenvalue weighted by molar-refractivity contribution is 0.0689. The number of hydrogen-bond acceptors (Lipinski definition) is 6. The van der Waals surface area contributed by atoms with Crippen molar-refractivity contribution < 1.29 is 24.1 Å². The van der Waals surface area contributed by atoms with Gasteiger partial charge < -0.3 is 19.3 Å². The van der Waals surface area contributed by atoms with E-state index in [4.69, 9.17) is 19.3 Å². The van der Waals surface area contributed by atoms with E-state index < -0.39 is 5.97 Å². The summed E-state index contributed by atoms with van der Waals surface area (Å²) in [4.78, 5) is 13.3. The minimum absolute atomic E-state index is 0.0941. The van der Waals surface area contributed by atoms with Crippen LogP contribution in [0, 0.1) is 0 Å². The summed E-state index contributed by atoms with van der Waals surface area (Å²) in [6.07, 6.45) is 0. The molecule has 3 heterocycles. The van der Waals surface area contributed by atoms with Crippen LogP contribution < -0.4 is 14.2 Å². The fraction of sp³-hybridized carbons (Fsp3) is 0.375. The van der Waals surface area contributed by atoms with Crippen LogP contribution in [0.3, 0.4) is 0 Å². The molecule has 0 atom stereocenters. The molecule has 0 fully saturated rings. The highest BCUT2D eigenvalue weighted by atomic mass is 16.7. The topological polar surface area (TPSA) is 86.1 Å². The van der Waals surface area contributed by atoms with Gasteiger partial charge in [-0.05, 0) is 23.8 Å². The van der Waals surface area contributed by atoms with E-state index in [-0.39, 0.29) is 12.5 Å². The summed E-state index contributed by atoms with van der Waals surface area (Å²) in [5, 5.41) is 13.2. The first-order valence-electron chi connectivity index (χ1n) is 7.63. The first kappa shape index (κ1) is 14.8. The van der Waals surface area contributed by atoms with Gasteiger partial charge in [-0.1, -0.05) is 0 Å². The summed E-state index contributed by atoms with van der Waals surface area (Å²) in [6.45, 7) is 3.03. The number of fused-ring (bicyclic) bond motifs is 2. The highest BCUT2D eigenvalue weighted by molar-refractivity contribution is 5.85. The number of hydrogen-bond donors (Lipinski definition) is 1. The predicted octanol–water partition coefficient (Wildman–Crippen LogP) is 1.33. The van der Waals surface area contributed by atoms with Crippen LogP contribution in [-0.2, 0) is 19.6 Å². The number of benzene rings is 1. The minimum Gasteiger partial charge on any atom is -0.493 e. The smallest absolute Gasteiger partial charge is 0.356 e. The number of ether oxygens (including phenoxy) is 3. The molecule has 0 unspecified atom stereocenters. The first-order chi connectivity index (χ1) is 11.6. The van der Waals surface area contributed by atoms with Gasteiger partial charge in [-0.2, -0.15) is 5.10 Å². The fourth-order valence-corrected chi connectivity index (χ4v) is 3.09. The van der Waals surface area contributed by atoms with Gasteiger partial charge in [0.2, 0.25) is 12.5 Å². The third kappa shape index (κ3) is 2.54. The molecule has 4 rings (SSSR count). The lowest BCUT2D eigenvalue weighted by Gasteiger charge is -2.27. The summed E-state index contributed by atoms with van der Waals surface area (Å²) in [5.74, 6) is 1.00. The van der Waals surface area contributed by atoms with Gasteiger partial charge in [-0.3, -0.25) is 9.58 Å². The molecule has 0 aliphatic carbocycles. The minimum atomic E-state index is -0.996. The van der Waals surface area contributed by atoms with Gasteiger partial charge in [0.1, 0.15) is 0 Å². The van der Waals surface area contributed by atoms with Gasteiger partial charge in [-0.25, -0.2) is 4.79 Å². The van der Waals surface area contributed by atoms with Crippen molar-refractivity contribution >= 4 is 5.97 Å². The number of aromatic carboxylic acids is 1. The zero-order chi connectivity index (χ0) is 16.7. The Kier molecular flexibility index (Phi) is 3.53. The Balaban J connectivity index is 1.53. The molecule has 2 aliphatic rings. The van der Waals surface area contributed by atoms with Gasteiger partial charge in [-0.15, -0.1) is 0 Å². The Morgan fingerprint density at radius 1 is 1.33 bits per heavy atom. The molecular weight excluding hydrogens is 314 g/mol. The van der Waals surface area contributed by atoms with Crippen molar-refractivity contribution in [1.82, 2.24) is 14.7 Å². The molecule has 0 saturated carbocycles. The first-order valence-corrected chi connectivity index (χ1v) is 7.63. The molecule has 8 nitrogen and oxygen atoms in total. The SMILES string of the molecule is COc1cc(CN2CCn3nc(C(=O)O)cc3C2)cc2c1OCO2. The molecule has 1 N–H and O–H groups in total. The normalized spacial score (nSPS) is 16.0. The van der Waals surface area contributed by atoms with Crippen LogP contribution in [0.25, 0.3) is 0 Å². The number of carbonyl (C=O) groups is 1. The second-order valence-corrected chi connectivity index (χ2v) is 5.79. The van der Waals surface area contributed by atoms with Crippen molar-refractivity contribution in [2.45, 2.75) is 19.6 Å². The molecule has 0 spiro atoms. The summed E-state index contributed by atoms with van der Waals surface area (Å²) in [5.41, 5.74) is 2.06. The van der Waals surface area contributed by atoms with Crippen molar-refractivity contribution in [2.24, 2.45) is 0 Å². The number of methoxy groups -OCH3 is 1. The second-order valence-electron chi connectivity index (χ2n) is 5.79. The van der Waals surface area contributed by atoms with Crippen molar-refractivity contribution in [3.05, 3.63) is 35.2 Å². The van der Waals surface area contributed by atoms with E-state index in [1.165, 1.54) is 0 Å². The number of aromatic nitrogens is 2. The highest BCUT2D eigenvalue weighted by Crippen LogP contribution is 2.42. The van der Waals surface area contributed by atoms with E-state index in [0.29, 0.717) is 36.9 Å². The summed E-state index contributed by atoms with van der Waals surface area (Å²) < 4.78 is 18.0. The summed E-state index contributed by atoms with van der Waals surface area (Å²) >= 11 is 0. The lowest BCUT2D eigenvalue weighted by atomic mass is 10.1. The van der Waals surface area contributed by atoms with Gasteiger partial charge in [0, 0.05) is 19.6 Å². The predicted molar refractivity (Wildman–Crippen MR) is 82.4 cm³/mol. The molecule has 126 valence electrons. The van der Waals surface area contributed by atoms with Crippen LogP contribution >= 0.6 is 0 Å². The maximum atomic E-state index is 11.0. The van der Waals surface area contributed by atoms with Crippen LogP contribution in [0.5, 0.6) is 17.2 Å². The molecule has 0 amide bonds. The van der Waals surface area contributed by atoms with E-state index in [9.17, 15) is 4.79 Å². The highest BCUT2D eigenvalue weighted by Gasteiger charge is 2.23. The Bertz CT molecular complexity index is 801. The van der Waals surface area contributed by atoms with Crippen LogP contribution in [0.15, 0.2) is 18.2 Å². The maximum Gasteiger partial charge on any atom is 0.356 e. The molecule has 0 radical (unpaired) electrons. The van der Waals surface area contributed by atoms with E-state index in [0.717, 1.165) is 17.8 Å².